The normalized spacial score (nSPS) is 24.4. The van der Waals surface area contributed by atoms with Gasteiger partial charge in [-0.25, -0.2) is 0 Å². The number of rotatable bonds is 1. The molecule has 0 saturated heterocycles. The molecule has 0 aromatic heterocycles. The molecule has 0 saturated carbocycles. The smallest absolute Gasteiger partial charge is 0.427 e. The average molecular weight is 139 g/mol. The van der Waals surface area contributed by atoms with Gasteiger partial charge in [-0.2, -0.15) is 0 Å². The van der Waals surface area contributed by atoms with E-state index in [-0.39, 0.29) is 5.82 Å². The summed E-state index contributed by atoms with van der Waals surface area (Å²) in [5.41, 5.74) is 0. The van der Waals surface area contributed by atoms with Crippen molar-refractivity contribution >= 4 is 13.3 Å². The van der Waals surface area contributed by atoms with Gasteiger partial charge in [0.05, 0.1) is 0 Å². The van der Waals surface area contributed by atoms with Crippen LogP contribution in [0.15, 0.2) is 17.3 Å². The minimum Gasteiger partial charge on any atom is -0.427 e. The lowest BCUT2D eigenvalue weighted by Gasteiger charge is -2.06. The molecule has 0 aliphatic carbocycles. The van der Waals surface area contributed by atoms with E-state index in [0.29, 0.717) is 0 Å². The standard InChI is InChI=1S/C6H10BNO2/c9-7(10)6-2-1-4-8-5-3-6/h3-6,9-10H,1-2H2. The van der Waals surface area contributed by atoms with E-state index in [1.54, 1.807) is 18.5 Å². The first kappa shape index (κ1) is 7.50. The summed E-state index contributed by atoms with van der Waals surface area (Å²) in [6, 6.07) is 0. The predicted molar refractivity (Wildman–Crippen MR) is 40.8 cm³/mol. The fraction of sp³-hybridized carbons (Fsp3) is 0.500. The van der Waals surface area contributed by atoms with Crippen molar-refractivity contribution in [3.05, 3.63) is 12.3 Å². The molecule has 3 nitrogen and oxygen atoms in total. The second-order valence-electron chi connectivity index (χ2n) is 2.33. The van der Waals surface area contributed by atoms with E-state index in [9.17, 15) is 0 Å². The van der Waals surface area contributed by atoms with Crippen molar-refractivity contribution in [3.8, 4) is 0 Å². The first-order valence-corrected chi connectivity index (χ1v) is 3.35. The molecule has 10 heavy (non-hydrogen) atoms. The maximum atomic E-state index is 8.75. The molecular formula is C6H10BNO2. The van der Waals surface area contributed by atoms with Crippen LogP contribution >= 0.6 is 0 Å². The number of hydrogen-bond acceptors (Lipinski definition) is 3. The van der Waals surface area contributed by atoms with Gasteiger partial charge >= 0.3 is 7.12 Å². The van der Waals surface area contributed by atoms with Crippen LogP contribution in [0.1, 0.15) is 12.8 Å². The second-order valence-corrected chi connectivity index (χ2v) is 2.33. The van der Waals surface area contributed by atoms with Crippen LogP contribution in [0.3, 0.4) is 0 Å². The van der Waals surface area contributed by atoms with Gasteiger partial charge in [0.1, 0.15) is 0 Å². The molecule has 2 N–H and O–H groups in total. The largest absolute Gasteiger partial charge is 0.458 e. The van der Waals surface area contributed by atoms with Gasteiger partial charge in [-0.15, -0.1) is 0 Å². The Morgan fingerprint density at radius 3 is 3.00 bits per heavy atom. The fourth-order valence-electron chi connectivity index (χ4n) is 0.907. The minimum absolute atomic E-state index is 0.150. The lowest BCUT2D eigenvalue weighted by atomic mass is 9.70. The predicted octanol–water partition coefficient (Wildman–Crippen LogP) is 0.208. The molecule has 54 valence electrons. The van der Waals surface area contributed by atoms with Crippen LogP contribution in [0.25, 0.3) is 0 Å². The van der Waals surface area contributed by atoms with Gasteiger partial charge in [0.15, 0.2) is 0 Å². The summed E-state index contributed by atoms with van der Waals surface area (Å²) < 4.78 is 0. The van der Waals surface area contributed by atoms with Crippen molar-refractivity contribution in [3.63, 3.8) is 0 Å². The summed E-state index contributed by atoms with van der Waals surface area (Å²) >= 11 is 0. The van der Waals surface area contributed by atoms with E-state index in [1.165, 1.54) is 0 Å². The zero-order valence-corrected chi connectivity index (χ0v) is 5.64. The molecule has 1 aliphatic rings. The number of nitrogens with zero attached hydrogens (tertiary/aromatic N) is 1. The zero-order chi connectivity index (χ0) is 7.40. The van der Waals surface area contributed by atoms with Crippen LogP contribution in [-0.4, -0.2) is 23.4 Å². The van der Waals surface area contributed by atoms with Crippen LogP contribution < -0.4 is 0 Å². The fourth-order valence-corrected chi connectivity index (χ4v) is 0.907. The molecule has 1 rings (SSSR count). The molecule has 1 heterocycles. The first-order valence-electron chi connectivity index (χ1n) is 3.35. The van der Waals surface area contributed by atoms with E-state index in [1.807, 2.05) is 0 Å². The molecule has 1 aliphatic heterocycles. The van der Waals surface area contributed by atoms with Crippen molar-refractivity contribution < 1.29 is 10.0 Å². The summed E-state index contributed by atoms with van der Waals surface area (Å²) in [4.78, 5) is 3.88. The lowest BCUT2D eigenvalue weighted by Crippen LogP contribution is -2.18. The maximum absolute atomic E-state index is 8.75. The van der Waals surface area contributed by atoms with Crippen molar-refractivity contribution in [2.45, 2.75) is 18.7 Å². The highest BCUT2D eigenvalue weighted by atomic mass is 16.4. The van der Waals surface area contributed by atoms with Crippen molar-refractivity contribution in [1.29, 1.82) is 0 Å². The third kappa shape index (κ3) is 1.97. The second kappa shape index (κ2) is 3.54. The highest BCUT2D eigenvalue weighted by Gasteiger charge is 2.19. The quantitative estimate of drug-likeness (QED) is 0.510. The van der Waals surface area contributed by atoms with Gasteiger partial charge in [0.25, 0.3) is 0 Å². The van der Waals surface area contributed by atoms with E-state index < -0.39 is 7.12 Å². The lowest BCUT2D eigenvalue weighted by molar-refractivity contribution is 0.391. The molecule has 0 aromatic carbocycles. The Bertz CT molecular complexity index is 156. The van der Waals surface area contributed by atoms with Gasteiger partial charge in [0, 0.05) is 18.2 Å². The minimum atomic E-state index is -1.24. The third-order valence-electron chi connectivity index (χ3n) is 1.54. The molecular weight excluding hydrogens is 129 g/mol. The van der Waals surface area contributed by atoms with Crippen LogP contribution in [0, 0.1) is 0 Å². The molecule has 0 spiro atoms. The SMILES string of the molecule is OB(O)C1C=CN=CCC1. The van der Waals surface area contributed by atoms with E-state index in [4.69, 9.17) is 10.0 Å². The summed E-state index contributed by atoms with van der Waals surface area (Å²) in [5.74, 6) is -0.150. The van der Waals surface area contributed by atoms with Crippen LogP contribution in [0.4, 0.5) is 0 Å². The Kier molecular flexibility index (Phi) is 2.65. The van der Waals surface area contributed by atoms with Gasteiger partial charge < -0.3 is 10.0 Å². The third-order valence-corrected chi connectivity index (χ3v) is 1.54. The molecule has 0 fully saturated rings. The maximum Gasteiger partial charge on any atom is 0.458 e. The van der Waals surface area contributed by atoms with E-state index >= 15 is 0 Å². The van der Waals surface area contributed by atoms with E-state index in [2.05, 4.69) is 4.99 Å². The van der Waals surface area contributed by atoms with Crippen molar-refractivity contribution in [2.24, 2.45) is 4.99 Å². The van der Waals surface area contributed by atoms with Gasteiger partial charge in [0.2, 0.25) is 0 Å². The monoisotopic (exact) mass is 139 g/mol. The van der Waals surface area contributed by atoms with Crippen molar-refractivity contribution in [2.75, 3.05) is 0 Å². The Morgan fingerprint density at radius 1 is 1.50 bits per heavy atom. The summed E-state index contributed by atoms with van der Waals surface area (Å²) in [6.07, 6.45) is 6.68. The first-order chi connectivity index (χ1) is 4.80. The molecule has 4 heteroatoms. The molecule has 0 amide bonds. The van der Waals surface area contributed by atoms with Crippen LogP contribution in [0.5, 0.6) is 0 Å². The molecule has 0 radical (unpaired) electrons. The number of aliphatic imine (C=N–C) groups is 1. The van der Waals surface area contributed by atoms with E-state index in [0.717, 1.165) is 12.8 Å². The Hall–Kier alpha value is -0.605. The van der Waals surface area contributed by atoms with Gasteiger partial charge in [-0.3, -0.25) is 4.99 Å². The van der Waals surface area contributed by atoms with Gasteiger partial charge in [-0.05, 0) is 12.8 Å². The Labute approximate surface area is 60.2 Å². The highest BCUT2D eigenvalue weighted by Crippen LogP contribution is 2.17. The summed E-state index contributed by atoms with van der Waals surface area (Å²) in [6.45, 7) is 0. The highest BCUT2D eigenvalue weighted by molar-refractivity contribution is 6.43. The van der Waals surface area contributed by atoms with Crippen molar-refractivity contribution in [1.82, 2.24) is 0 Å². The molecule has 1 atom stereocenters. The molecule has 0 bridgehead atoms. The summed E-state index contributed by atoms with van der Waals surface area (Å²) in [7, 11) is -1.24. The zero-order valence-electron chi connectivity index (χ0n) is 5.64. The van der Waals surface area contributed by atoms with Crippen LogP contribution in [-0.2, 0) is 0 Å². The average Bonchev–Trinajstić information content (AvgIpc) is 2.12. The van der Waals surface area contributed by atoms with Gasteiger partial charge in [-0.1, -0.05) is 6.08 Å². The molecule has 1 unspecified atom stereocenters. The molecule has 0 aromatic rings. The van der Waals surface area contributed by atoms with Crippen LogP contribution in [0.2, 0.25) is 5.82 Å². The number of hydrogen-bond donors (Lipinski definition) is 2. The summed E-state index contributed by atoms with van der Waals surface area (Å²) in [5, 5.41) is 17.5. The Balaban J connectivity index is 2.48. The number of allylic oxidation sites excluding steroid dienone is 1. The topological polar surface area (TPSA) is 52.8 Å². The Morgan fingerprint density at radius 2 is 2.30 bits per heavy atom.